The second-order valence-electron chi connectivity index (χ2n) is 5.13. The zero-order valence-electron chi connectivity index (χ0n) is 9.90. The smallest absolute Gasteiger partial charge is 0.160 e. The largest absolute Gasteiger partial charge is 0.352 e. The van der Waals surface area contributed by atoms with Gasteiger partial charge in [0.15, 0.2) is 6.29 Å². The molecule has 0 aromatic carbocycles. The van der Waals surface area contributed by atoms with Crippen LogP contribution in [0.4, 0.5) is 0 Å². The highest BCUT2D eigenvalue weighted by Gasteiger charge is 2.30. The zero-order valence-corrected chi connectivity index (χ0v) is 10.7. The molecule has 0 unspecified atom stereocenters. The Morgan fingerprint density at radius 1 is 1.06 bits per heavy atom. The molecule has 3 heteroatoms. The first kappa shape index (κ1) is 12.4. The fraction of sp³-hybridized carbons (Fsp3) is 0.846. The molecule has 2 nitrogen and oxygen atoms in total. The lowest BCUT2D eigenvalue weighted by Crippen LogP contribution is -2.37. The van der Waals surface area contributed by atoms with E-state index in [0.717, 1.165) is 13.2 Å². The van der Waals surface area contributed by atoms with Gasteiger partial charge in [0.2, 0.25) is 0 Å². The molecule has 1 saturated carbocycles. The van der Waals surface area contributed by atoms with Gasteiger partial charge in [-0.1, -0.05) is 24.6 Å². The van der Waals surface area contributed by atoms with Crippen molar-refractivity contribution in [3.8, 4) is 0 Å². The average Bonchev–Trinajstić information content (AvgIpc) is 2.32. The summed E-state index contributed by atoms with van der Waals surface area (Å²) in [4.78, 5) is 0. The highest BCUT2D eigenvalue weighted by molar-refractivity contribution is 6.25. The van der Waals surface area contributed by atoms with E-state index in [1.54, 1.807) is 5.54 Å². The summed E-state index contributed by atoms with van der Waals surface area (Å²) in [5.74, 6) is 1.80. The van der Waals surface area contributed by atoms with Crippen LogP contribution in [0.1, 0.15) is 32.6 Å². The van der Waals surface area contributed by atoms with E-state index in [1.165, 1.54) is 25.7 Å². The molecule has 0 spiro atoms. The molecule has 0 N–H and O–H groups in total. The maximum Gasteiger partial charge on any atom is 0.160 e. The number of ether oxygens (including phenoxy) is 2. The quantitative estimate of drug-likeness (QED) is 0.740. The summed E-state index contributed by atoms with van der Waals surface area (Å²) in [6, 6.07) is 0. The van der Waals surface area contributed by atoms with Gasteiger partial charge < -0.3 is 9.47 Å². The third-order valence-corrected chi connectivity index (χ3v) is 3.78. The fourth-order valence-corrected chi connectivity index (χ4v) is 2.80. The summed E-state index contributed by atoms with van der Waals surface area (Å²) in [5.41, 5.74) is 1.65. The number of hydrogen-bond acceptors (Lipinski definition) is 2. The minimum Gasteiger partial charge on any atom is -0.352 e. The first-order valence-corrected chi connectivity index (χ1v) is 6.73. The second kappa shape index (κ2) is 6.04. The van der Waals surface area contributed by atoms with E-state index in [9.17, 15) is 0 Å². The minimum absolute atomic E-state index is 0.0529. The highest BCUT2D eigenvalue weighted by Crippen LogP contribution is 2.34. The van der Waals surface area contributed by atoms with E-state index < -0.39 is 0 Å². The van der Waals surface area contributed by atoms with Crippen LogP contribution < -0.4 is 0 Å². The van der Waals surface area contributed by atoms with E-state index in [1.807, 2.05) is 0 Å². The number of halogens is 1. The molecule has 0 atom stereocenters. The van der Waals surface area contributed by atoms with Gasteiger partial charge in [0, 0.05) is 17.4 Å². The predicted octanol–water partition coefficient (Wildman–Crippen LogP) is 3.55. The van der Waals surface area contributed by atoms with Crippen LogP contribution in [0.3, 0.4) is 0 Å². The minimum atomic E-state index is 0.0529. The van der Waals surface area contributed by atoms with Gasteiger partial charge >= 0.3 is 0 Å². The van der Waals surface area contributed by atoms with Crippen molar-refractivity contribution in [1.29, 1.82) is 0 Å². The average molecular weight is 245 g/mol. The summed E-state index contributed by atoms with van der Waals surface area (Å²) in [7, 11) is 0. The van der Waals surface area contributed by atoms with Crippen LogP contribution in [0, 0.1) is 17.8 Å². The molecule has 1 heterocycles. The third-order valence-electron chi connectivity index (χ3n) is 3.64. The van der Waals surface area contributed by atoms with Crippen LogP contribution in [-0.4, -0.2) is 19.5 Å². The Kier molecular flexibility index (Phi) is 4.68. The number of rotatable bonds is 2. The van der Waals surface area contributed by atoms with Crippen LogP contribution in [0.5, 0.6) is 0 Å². The normalized spacial score (nSPS) is 41.4. The van der Waals surface area contributed by atoms with Gasteiger partial charge in [-0.2, -0.15) is 0 Å². The lowest BCUT2D eigenvalue weighted by Gasteiger charge is -2.36. The first-order valence-electron chi connectivity index (χ1n) is 6.29. The topological polar surface area (TPSA) is 18.5 Å². The zero-order chi connectivity index (χ0) is 11.4. The van der Waals surface area contributed by atoms with Crippen LogP contribution in [-0.2, 0) is 9.47 Å². The van der Waals surface area contributed by atoms with Crippen molar-refractivity contribution in [3.05, 3.63) is 11.6 Å². The number of allylic oxidation sites excluding steroid dienone is 1. The maximum atomic E-state index is 5.76. The summed E-state index contributed by atoms with van der Waals surface area (Å²) >= 11 is 5.61. The van der Waals surface area contributed by atoms with Gasteiger partial charge in [0.1, 0.15) is 0 Å². The van der Waals surface area contributed by atoms with Crippen LogP contribution in [0.25, 0.3) is 0 Å². The van der Waals surface area contributed by atoms with E-state index >= 15 is 0 Å². The molecular weight excluding hydrogens is 224 g/mol. The third kappa shape index (κ3) is 3.22. The molecule has 2 rings (SSSR count). The molecule has 0 amide bonds. The molecule has 16 heavy (non-hydrogen) atoms. The van der Waals surface area contributed by atoms with Gasteiger partial charge in [0.05, 0.1) is 13.2 Å². The molecule has 2 fully saturated rings. The predicted molar refractivity (Wildman–Crippen MR) is 65.3 cm³/mol. The molecule has 1 aliphatic carbocycles. The van der Waals surface area contributed by atoms with Crippen LogP contribution >= 0.6 is 11.6 Å². The second-order valence-corrected chi connectivity index (χ2v) is 5.39. The molecule has 0 aromatic heterocycles. The number of hydrogen-bond donors (Lipinski definition) is 0. The van der Waals surface area contributed by atoms with Crippen LogP contribution in [0.2, 0.25) is 0 Å². The first-order chi connectivity index (χ1) is 7.79. The molecular formula is C13H21ClO2. The summed E-state index contributed by atoms with van der Waals surface area (Å²) in [6.07, 6.45) is 7.00. The summed E-state index contributed by atoms with van der Waals surface area (Å²) < 4.78 is 11.5. The Balaban J connectivity index is 1.76. The lowest BCUT2D eigenvalue weighted by atomic mass is 9.81. The Labute approximate surface area is 103 Å². The van der Waals surface area contributed by atoms with Crippen molar-refractivity contribution in [2.75, 3.05) is 13.2 Å². The van der Waals surface area contributed by atoms with Gasteiger partial charge in [-0.05, 0) is 31.6 Å². The van der Waals surface area contributed by atoms with E-state index in [2.05, 4.69) is 13.0 Å². The van der Waals surface area contributed by atoms with E-state index in [-0.39, 0.29) is 6.29 Å². The maximum absolute atomic E-state index is 5.76. The summed E-state index contributed by atoms with van der Waals surface area (Å²) in [6.45, 7) is 3.87. The van der Waals surface area contributed by atoms with E-state index in [4.69, 9.17) is 21.1 Å². The van der Waals surface area contributed by atoms with Crippen molar-refractivity contribution in [3.63, 3.8) is 0 Å². The van der Waals surface area contributed by atoms with Gasteiger partial charge in [0.25, 0.3) is 0 Å². The molecule has 0 radical (unpaired) electrons. The van der Waals surface area contributed by atoms with E-state index in [0.29, 0.717) is 17.8 Å². The lowest BCUT2D eigenvalue weighted by molar-refractivity contribution is -0.226. The Hall–Kier alpha value is -0.0500. The SMILES string of the molecule is C[C@H]1CO[C@H]([C@H]2CC[C@H](/C=C/Cl)CC2)OC1. The Morgan fingerprint density at radius 2 is 1.69 bits per heavy atom. The molecule has 2 aliphatic rings. The van der Waals surface area contributed by atoms with Crippen molar-refractivity contribution in [2.24, 2.45) is 17.8 Å². The molecule has 1 saturated heterocycles. The summed E-state index contributed by atoms with van der Waals surface area (Å²) in [5, 5.41) is 0. The Morgan fingerprint density at radius 3 is 2.25 bits per heavy atom. The van der Waals surface area contributed by atoms with Crippen molar-refractivity contribution >= 4 is 11.6 Å². The molecule has 1 aliphatic heterocycles. The molecule has 92 valence electrons. The van der Waals surface area contributed by atoms with Crippen LogP contribution in [0.15, 0.2) is 11.6 Å². The van der Waals surface area contributed by atoms with Gasteiger partial charge in [-0.3, -0.25) is 0 Å². The highest BCUT2D eigenvalue weighted by atomic mass is 35.5. The molecule has 0 aromatic rings. The van der Waals surface area contributed by atoms with Crippen molar-refractivity contribution in [1.82, 2.24) is 0 Å². The Bertz CT molecular complexity index is 226. The van der Waals surface area contributed by atoms with Crippen molar-refractivity contribution in [2.45, 2.75) is 38.9 Å². The van der Waals surface area contributed by atoms with Gasteiger partial charge in [-0.25, -0.2) is 0 Å². The monoisotopic (exact) mass is 244 g/mol. The standard InChI is InChI=1S/C13H21ClO2/c1-10-8-15-13(16-9-10)12-4-2-11(3-5-12)6-7-14/h6-7,10-13H,2-5,8-9H2,1H3/b7-6+/t10-,11-,12-,13-. The molecule has 0 bridgehead atoms. The van der Waals surface area contributed by atoms with Crippen molar-refractivity contribution < 1.29 is 9.47 Å². The fourth-order valence-electron chi connectivity index (χ4n) is 2.60. The van der Waals surface area contributed by atoms with Gasteiger partial charge in [-0.15, -0.1) is 0 Å².